The zero-order valence-electron chi connectivity index (χ0n) is 16.9. The summed E-state index contributed by atoms with van der Waals surface area (Å²) in [5, 5.41) is 7.50. The topological polar surface area (TPSA) is 56.9 Å². The van der Waals surface area contributed by atoms with Crippen molar-refractivity contribution in [1.29, 1.82) is 0 Å². The zero-order chi connectivity index (χ0) is 19.4. The summed E-state index contributed by atoms with van der Waals surface area (Å²) in [6.45, 7) is 9.96. The second-order valence-corrected chi connectivity index (χ2v) is 6.99. The summed E-state index contributed by atoms with van der Waals surface area (Å²) in [5.74, 6) is 1.85. The van der Waals surface area contributed by atoms with Gasteiger partial charge in [-0.15, -0.1) is 24.0 Å². The molecule has 3 rings (SSSR count). The van der Waals surface area contributed by atoms with Crippen molar-refractivity contribution < 1.29 is 8.91 Å². The van der Waals surface area contributed by atoms with E-state index in [9.17, 15) is 4.39 Å². The molecule has 28 heavy (non-hydrogen) atoms. The van der Waals surface area contributed by atoms with Crippen molar-refractivity contribution in [2.75, 3.05) is 44.7 Å². The van der Waals surface area contributed by atoms with Crippen LogP contribution in [0.5, 0.6) is 0 Å². The minimum absolute atomic E-state index is 0. The molecule has 154 valence electrons. The highest BCUT2D eigenvalue weighted by molar-refractivity contribution is 14.0. The fourth-order valence-corrected chi connectivity index (χ4v) is 3.74. The Hall–Kier alpha value is -1.84. The molecule has 1 aromatic heterocycles. The Labute approximate surface area is 183 Å². The van der Waals surface area contributed by atoms with Crippen molar-refractivity contribution in [3.63, 3.8) is 0 Å². The Morgan fingerprint density at radius 3 is 2.50 bits per heavy atom. The van der Waals surface area contributed by atoms with Gasteiger partial charge in [-0.1, -0.05) is 24.2 Å². The van der Waals surface area contributed by atoms with E-state index >= 15 is 0 Å². The van der Waals surface area contributed by atoms with Crippen LogP contribution in [0.4, 0.5) is 10.1 Å². The second kappa shape index (κ2) is 10.1. The SMILES string of the molecule is CN=C(NCC(C)c1c(C)noc1C)N1CCN(c2ccccc2F)CC1.I. The van der Waals surface area contributed by atoms with Gasteiger partial charge in [0.15, 0.2) is 5.96 Å². The summed E-state index contributed by atoms with van der Waals surface area (Å²) < 4.78 is 19.3. The second-order valence-electron chi connectivity index (χ2n) is 6.99. The third-order valence-electron chi connectivity index (χ3n) is 5.13. The lowest BCUT2D eigenvalue weighted by Gasteiger charge is -2.38. The van der Waals surface area contributed by atoms with Gasteiger partial charge in [0.2, 0.25) is 0 Å². The molecule has 1 aliphatic rings. The molecule has 0 radical (unpaired) electrons. The number of benzene rings is 1. The minimum atomic E-state index is -0.165. The summed E-state index contributed by atoms with van der Waals surface area (Å²) in [6.07, 6.45) is 0. The predicted molar refractivity (Wildman–Crippen MR) is 121 cm³/mol. The summed E-state index contributed by atoms with van der Waals surface area (Å²) in [4.78, 5) is 8.73. The molecule has 1 aromatic carbocycles. The van der Waals surface area contributed by atoms with Gasteiger partial charge in [-0.2, -0.15) is 0 Å². The number of anilines is 1. The van der Waals surface area contributed by atoms with Crippen LogP contribution in [-0.4, -0.2) is 55.8 Å². The van der Waals surface area contributed by atoms with Gasteiger partial charge in [0.1, 0.15) is 11.6 Å². The van der Waals surface area contributed by atoms with E-state index in [2.05, 4.69) is 32.2 Å². The normalized spacial score (nSPS) is 16.0. The fourth-order valence-electron chi connectivity index (χ4n) is 3.74. The Morgan fingerprint density at radius 1 is 1.25 bits per heavy atom. The number of para-hydroxylation sites is 1. The van der Waals surface area contributed by atoms with Crippen LogP contribution in [0.1, 0.15) is 29.9 Å². The van der Waals surface area contributed by atoms with E-state index in [1.807, 2.05) is 26.0 Å². The van der Waals surface area contributed by atoms with Crippen LogP contribution in [-0.2, 0) is 0 Å². The van der Waals surface area contributed by atoms with Crippen LogP contribution in [0.2, 0.25) is 0 Å². The van der Waals surface area contributed by atoms with Gasteiger partial charge in [-0.3, -0.25) is 4.99 Å². The molecule has 2 aromatic rings. The number of halogens is 2. The van der Waals surface area contributed by atoms with E-state index in [0.717, 1.165) is 55.7 Å². The maximum absolute atomic E-state index is 14.0. The van der Waals surface area contributed by atoms with Crippen LogP contribution < -0.4 is 10.2 Å². The molecule has 1 unspecified atom stereocenters. The van der Waals surface area contributed by atoms with Crippen LogP contribution in [0.15, 0.2) is 33.8 Å². The number of hydrogen-bond acceptors (Lipinski definition) is 4. The molecule has 1 saturated heterocycles. The number of guanidine groups is 1. The number of hydrogen-bond donors (Lipinski definition) is 1. The van der Waals surface area contributed by atoms with Crippen LogP contribution >= 0.6 is 24.0 Å². The predicted octanol–water partition coefficient (Wildman–Crippen LogP) is 3.55. The molecule has 1 aliphatic heterocycles. The van der Waals surface area contributed by atoms with Crippen molar-refractivity contribution in [1.82, 2.24) is 15.4 Å². The number of nitrogens with zero attached hydrogens (tertiary/aromatic N) is 4. The van der Waals surface area contributed by atoms with Crippen molar-refractivity contribution in [3.05, 3.63) is 47.1 Å². The number of piperazine rings is 1. The van der Waals surface area contributed by atoms with E-state index in [4.69, 9.17) is 4.52 Å². The van der Waals surface area contributed by atoms with Gasteiger partial charge in [0, 0.05) is 51.3 Å². The maximum Gasteiger partial charge on any atom is 0.193 e. The number of aryl methyl sites for hydroxylation is 2. The zero-order valence-corrected chi connectivity index (χ0v) is 19.2. The summed E-state index contributed by atoms with van der Waals surface area (Å²) in [5.41, 5.74) is 2.77. The van der Waals surface area contributed by atoms with Crippen molar-refractivity contribution in [2.45, 2.75) is 26.7 Å². The fraction of sp³-hybridized carbons (Fsp3) is 0.500. The Kier molecular flexibility index (Phi) is 8.09. The highest BCUT2D eigenvalue weighted by atomic mass is 127. The van der Waals surface area contributed by atoms with Crippen LogP contribution in [0, 0.1) is 19.7 Å². The van der Waals surface area contributed by atoms with E-state index < -0.39 is 0 Å². The van der Waals surface area contributed by atoms with Crippen LogP contribution in [0.3, 0.4) is 0 Å². The molecule has 0 amide bonds. The standard InChI is InChI=1S/C20H28FN5O.HI/c1-14(19-15(2)24-27-16(19)3)13-23-20(22-4)26-11-9-25(10-12-26)18-8-6-5-7-17(18)21;/h5-8,14H,9-13H2,1-4H3,(H,22,23);1H. The molecule has 2 heterocycles. The van der Waals surface area contributed by atoms with E-state index in [0.29, 0.717) is 5.69 Å². The molecular weight excluding hydrogens is 472 g/mol. The van der Waals surface area contributed by atoms with E-state index in [1.165, 1.54) is 6.07 Å². The van der Waals surface area contributed by atoms with Gasteiger partial charge >= 0.3 is 0 Å². The number of rotatable bonds is 4. The Balaban J connectivity index is 0.00000280. The van der Waals surface area contributed by atoms with Crippen molar-refractivity contribution in [2.24, 2.45) is 4.99 Å². The molecule has 0 saturated carbocycles. The highest BCUT2D eigenvalue weighted by Crippen LogP contribution is 2.23. The minimum Gasteiger partial charge on any atom is -0.366 e. The molecule has 0 bridgehead atoms. The average Bonchev–Trinajstić information content (AvgIpc) is 3.01. The average molecular weight is 501 g/mol. The largest absolute Gasteiger partial charge is 0.366 e. The first kappa shape index (κ1) is 22.4. The number of nitrogens with one attached hydrogen (secondary N) is 1. The third-order valence-corrected chi connectivity index (χ3v) is 5.13. The molecule has 1 atom stereocenters. The lowest BCUT2D eigenvalue weighted by atomic mass is 10.00. The third kappa shape index (κ3) is 4.95. The molecular formula is C20H29FIN5O. The molecule has 1 fully saturated rings. The van der Waals surface area contributed by atoms with Crippen molar-refractivity contribution >= 4 is 35.6 Å². The van der Waals surface area contributed by atoms with Crippen molar-refractivity contribution in [3.8, 4) is 0 Å². The maximum atomic E-state index is 14.0. The van der Waals surface area contributed by atoms with Gasteiger partial charge in [0.25, 0.3) is 0 Å². The van der Waals surface area contributed by atoms with E-state index in [1.54, 1.807) is 13.1 Å². The smallest absolute Gasteiger partial charge is 0.193 e. The first-order valence-electron chi connectivity index (χ1n) is 9.39. The first-order valence-corrected chi connectivity index (χ1v) is 9.39. The lowest BCUT2D eigenvalue weighted by Crippen LogP contribution is -2.53. The van der Waals surface area contributed by atoms with Gasteiger partial charge < -0.3 is 19.6 Å². The first-order chi connectivity index (χ1) is 13.0. The van der Waals surface area contributed by atoms with E-state index in [-0.39, 0.29) is 35.7 Å². The molecule has 6 nitrogen and oxygen atoms in total. The van der Waals surface area contributed by atoms with Crippen LogP contribution in [0.25, 0.3) is 0 Å². The Morgan fingerprint density at radius 2 is 1.93 bits per heavy atom. The number of aromatic nitrogens is 1. The molecule has 0 aliphatic carbocycles. The Bertz CT molecular complexity index is 782. The highest BCUT2D eigenvalue weighted by Gasteiger charge is 2.22. The molecule has 1 N–H and O–H groups in total. The van der Waals surface area contributed by atoms with Gasteiger partial charge in [-0.05, 0) is 26.0 Å². The quantitative estimate of drug-likeness (QED) is 0.395. The lowest BCUT2D eigenvalue weighted by molar-refractivity contribution is 0.369. The van der Waals surface area contributed by atoms with Gasteiger partial charge in [0.05, 0.1) is 11.4 Å². The summed E-state index contributed by atoms with van der Waals surface area (Å²) >= 11 is 0. The number of aliphatic imine (C=N–C) groups is 1. The summed E-state index contributed by atoms with van der Waals surface area (Å²) in [6, 6.07) is 6.95. The monoisotopic (exact) mass is 501 g/mol. The summed E-state index contributed by atoms with van der Waals surface area (Å²) in [7, 11) is 1.80. The molecule has 0 spiro atoms. The molecule has 8 heteroatoms. The van der Waals surface area contributed by atoms with Gasteiger partial charge in [-0.25, -0.2) is 4.39 Å².